The maximum absolute atomic E-state index is 12.5. The molecule has 0 aliphatic carbocycles. The molecule has 6 heteroatoms. The van der Waals surface area contributed by atoms with Crippen LogP contribution >= 0.6 is 0 Å². The van der Waals surface area contributed by atoms with Gasteiger partial charge >= 0.3 is 5.97 Å². The van der Waals surface area contributed by atoms with Crippen LogP contribution in [-0.4, -0.2) is 47.4 Å². The second-order valence-electron chi connectivity index (χ2n) is 26.7. The van der Waals surface area contributed by atoms with E-state index < -0.39 is 12.1 Å². The van der Waals surface area contributed by atoms with Crippen LogP contribution in [0, 0.1) is 0 Å². The molecule has 0 fully saturated rings. The Bertz CT molecular complexity index is 1260. The molecule has 494 valence electrons. The van der Waals surface area contributed by atoms with Gasteiger partial charge in [-0.05, 0) is 51.4 Å². The first-order valence-corrected chi connectivity index (χ1v) is 38.4. The van der Waals surface area contributed by atoms with Crippen LogP contribution in [-0.2, 0) is 14.3 Å². The Labute approximate surface area is 520 Å². The van der Waals surface area contributed by atoms with Crippen molar-refractivity contribution in [3.63, 3.8) is 0 Å². The number of aliphatic hydroxyl groups is 2. The van der Waals surface area contributed by atoms with E-state index in [9.17, 15) is 19.8 Å². The van der Waals surface area contributed by atoms with E-state index >= 15 is 0 Å². The molecular weight excluding hydrogens is 1020 g/mol. The van der Waals surface area contributed by atoms with E-state index in [0.29, 0.717) is 25.9 Å². The molecule has 0 saturated carbocycles. The molecule has 3 N–H and O–H groups in total. The molecule has 0 aromatic rings. The predicted molar refractivity (Wildman–Crippen MR) is 366 cm³/mol. The number of ether oxygens (including phenoxy) is 1. The Morgan fingerprint density at radius 1 is 0.325 bits per heavy atom. The molecule has 0 aliphatic rings. The molecule has 0 aromatic carbocycles. The summed E-state index contributed by atoms with van der Waals surface area (Å²) >= 11 is 0. The summed E-state index contributed by atoms with van der Waals surface area (Å²) in [5.41, 5.74) is 0. The molecule has 0 bridgehead atoms. The third-order valence-corrected chi connectivity index (χ3v) is 18.3. The lowest BCUT2D eigenvalue weighted by atomic mass is 10.0. The second kappa shape index (κ2) is 73.1. The summed E-state index contributed by atoms with van der Waals surface area (Å²) in [7, 11) is 0. The molecule has 83 heavy (non-hydrogen) atoms. The van der Waals surface area contributed by atoms with Gasteiger partial charge in [0.25, 0.3) is 0 Å². The van der Waals surface area contributed by atoms with Gasteiger partial charge in [0.1, 0.15) is 0 Å². The fourth-order valence-corrected chi connectivity index (χ4v) is 12.5. The van der Waals surface area contributed by atoms with E-state index in [2.05, 4.69) is 31.3 Å². The lowest BCUT2D eigenvalue weighted by molar-refractivity contribution is -0.143. The van der Waals surface area contributed by atoms with Gasteiger partial charge in [-0.3, -0.25) is 9.59 Å². The van der Waals surface area contributed by atoms with Crippen molar-refractivity contribution in [1.82, 2.24) is 5.32 Å². The Morgan fingerprint density at radius 3 is 0.855 bits per heavy atom. The standard InChI is InChI=1S/C77H151NO5/c1-3-5-7-9-11-13-15-17-19-39-43-47-51-55-59-63-67-71-77(82)83-72-68-64-60-56-52-48-44-41-38-36-34-32-30-28-26-24-22-20-21-23-25-27-29-31-33-35-37-40-42-46-50-54-58-62-66-70-76(81)78-74(73-79)75(80)69-65-61-57-53-49-45-18-16-14-12-10-8-6-4-2/h22,24,74-75,79-80H,3-21,23,25-73H2,1-2H3,(H,78,81)/b24-22-. The van der Waals surface area contributed by atoms with Crippen LogP contribution in [0.2, 0.25) is 0 Å². The van der Waals surface area contributed by atoms with E-state index in [4.69, 9.17) is 4.74 Å². The van der Waals surface area contributed by atoms with Crippen molar-refractivity contribution in [2.45, 2.75) is 456 Å². The molecular formula is C77H151NO5. The molecule has 0 aliphatic heterocycles. The van der Waals surface area contributed by atoms with Crippen LogP contribution in [0.5, 0.6) is 0 Å². The number of hydrogen-bond donors (Lipinski definition) is 3. The number of amides is 1. The summed E-state index contributed by atoms with van der Waals surface area (Å²) in [5, 5.41) is 23.3. The van der Waals surface area contributed by atoms with E-state index in [-0.39, 0.29) is 18.5 Å². The summed E-state index contributed by atoms with van der Waals surface area (Å²) in [6.45, 7) is 5.00. The lowest BCUT2D eigenvalue weighted by Gasteiger charge is -2.22. The Balaban J connectivity index is 3.31. The van der Waals surface area contributed by atoms with Gasteiger partial charge in [-0.1, -0.05) is 392 Å². The van der Waals surface area contributed by atoms with Gasteiger partial charge in [0.15, 0.2) is 0 Å². The average Bonchev–Trinajstić information content (AvgIpc) is 3.49. The van der Waals surface area contributed by atoms with E-state index in [1.165, 1.54) is 372 Å². The van der Waals surface area contributed by atoms with Gasteiger partial charge in [-0.15, -0.1) is 0 Å². The van der Waals surface area contributed by atoms with E-state index in [1.807, 2.05) is 0 Å². The van der Waals surface area contributed by atoms with Crippen molar-refractivity contribution in [2.75, 3.05) is 13.2 Å². The molecule has 0 heterocycles. The molecule has 2 unspecified atom stereocenters. The van der Waals surface area contributed by atoms with Crippen molar-refractivity contribution in [1.29, 1.82) is 0 Å². The largest absolute Gasteiger partial charge is 0.466 e. The number of aliphatic hydroxyl groups excluding tert-OH is 2. The van der Waals surface area contributed by atoms with Crippen molar-refractivity contribution in [2.24, 2.45) is 0 Å². The minimum absolute atomic E-state index is 0.0253. The fraction of sp³-hybridized carbons (Fsp3) is 0.948. The second-order valence-corrected chi connectivity index (χ2v) is 26.7. The van der Waals surface area contributed by atoms with Gasteiger partial charge in [0.05, 0.1) is 25.4 Å². The first-order chi connectivity index (χ1) is 41.0. The minimum atomic E-state index is -0.661. The zero-order valence-electron chi connectivity index (χ0n) is 56.7. The number of allylic oxidation sites excluding steroid dienone is 2. The minimum Gasteiger partial charge on any atom is -0.466 e. The lowest BCUT2D eigenvalue weighted by Crippen LogP contribution is -2.45. The van der Waals surface area contributed by atoms with Crippen LogP contribution in [0.1, 0.15) is 444 Å². The summed E-state index contributed by atoms with van der Waals surface area (Å²) < 4.78 is 5.51. The highest BCUT2D eigenvalue weighted by Crippen LogP contribution is 2.20. The zero-order chi connectivity index (χ0) is 59.9. The number of esters is 1. The molecule has 6 nitrogen and oxygen atoms in total. The Morgan fingerprint density at radius 2 is 0.566 bits per heavy atom. The smallest absolute Gasteiger partial charge is 0.305 e. The topological polar surface area (TPSA) is 95.9 Å². The summed E-state index contributed by atoms with van der Waals surface area (Å²) in [6, 6.07) is -0.537. The first-order valence-electron chi connectivity index (χ1n) is 38.4. The Hall–Kier alpha value is -1.40. The number of rotatable bonds is 73. The monoisotopic (exact) mass is 1170 g/mol. The van der Waals surface area contributed by atoms with Crippen LogP contribution < -0.4 is 5.32 Å². The van der Waals surface area contributed by atoms with Crippen molar-refractivity contribution >= 4 is 11.9 Å². The molecule has 0 rings (SSSR count). The van der Waals surface area contributed by atoms with Gasteiger partial charge < -0.3 is 20.3 Å². The molecule has 2 atom stereocenters. The number of carbonyl (C=O) groups is 2. The quantitative estimate of drug-likeness (QED) is 0.0320. The number of hydrogen-bond acceptors (Lipinski definition) is 5. The van der Waals surface area contributed by atoms with Crippen molar-refractivity contribution in [3.05, 3.63) is 12.2 Å². The van der Waals surface area contributed by atoms with Gasteiger partial charge in [-0.2, -0.15) is 0 Å². The van der Waals surface area contributed by atoms with E-state index in [0.717, 1.165) is 38.5 Å². The molecule has 0 aromatic heterocycles. The SMILES string of the molecule is CCCCCCCCCCCCCCCCCCCC(=O)OCCCCCCCCCCCCCCCC/C=C\CCCCCCCCCCCCCCCCCCCC(=O)NC(CO)C(O)CCCCCCCCCCCCCCCC. The van der Waals surface area contributed by atoms with Crippen LogP contribution in [0.3, 0.4) is 0 Å². The number of carbonyl (C=O) groups excluding carboxylic acids is 2. The third-order valence-electron chi connectivity index (χ3n) is 18.3. The van der Waals surface area contributed by atoms with Crippen LogP contribution in [0.25, 0.3) is 0 Å². The zero-order valence-corrected chi connectivity index (χ0v) is 56.7. The molecule has 0 saturated heterocycles. The first kappa shape index (κ1) is 81.6. The van der Waals surface area contributed by atoms with E-state index in [1.54, 1.807) is 0 Å². The summed E-state index contributed by atoms with van der Waals surface area (Å²) in [6.07, 6.45) is 91.6. The fourth-order valence-electron chi connectivity index (χ4n) is 12.5. The highest BCUT2D eigenvalue weighted by atomic mass is 16.5. The normalized spacial score (nSPS) is 12.5. The maximum atomic E-state index is 12.5. The van der Waals surface area contributed by atoms with Crippen LogP contribution in [0.4, 0.5) is 0 Å². The maximum Gasteiger partial charge on any atom is 0.305 e. The summed E-state index contributed by atoms with van der Waals surface area (Å²) in [4.78, 5) is 24.6. The van der Waals surface area contributed by atoms with Gasteiger partial charge in [-0.25, -0.2) is 0 Å². The average molecular weight is 1170 g/mol. The predicted octanol–water partition coefficient (Wildman–Crippen LogP) is 25.1. The van der Waals surface area contributed by atoms with Crippen molar-refractivity contribution < 1.29 is 24.5 Å². The third kappa shape index (κ3) is 69.6. The molecule has 0 spiro atoms. The number of nitrogens with one attached hydrogen (secondary N) is 1. The molecule has 0 radical (unpaired) electrons. The number of unbranched alkanes of at least 4 members (excludes halogenated alkanes) is 60. The Kier molecular flexibility index (Phi) is 71.8. The van der Waals surface area contributed by atoms with Crippen LogP contribution in [0.15, 0.2) is 12.2 Å². The van der Waals surface area contributed by atoms with Gasteiger partial charge in [0.2, 0.25) is 5.91 Å². The van der Waals surface area contributed by atoms with Gasteiger partial charge in [0, 0.05) is 12.8 Å². The highest BCUT2D eigenvalue weighted by molar-refractivity contribution is 5.76. The highest BCUT2D eigenvalue weighted by Gasteiger charge is 2.20. The van der Waals surface area contributed by atoms with Crippen molar-refractivity contribution in [3.8, 4) is 0 Å². The summed E-state index contributed by atoms with van der Waals surface area (Å²) in [5.74, 6) is -0.00281. The molecule has 1 amide bonds.